The first kappa shape index (κ1) is 20.8. The predicted octanol–water partition coefficient (Wildman–Crippen LogP) is 4.43. The van der Waals surface area contributed by atoms with Crippen molar-refractivity contribution in [2.45, 2.75) is 29.1 Å². The standard InChI is InChI=1S/C20H15ClFN2O4S2/c21-17-11-23-20(29-17)24-19(25)18(28-14-5-3-13(22)4-6-14)12-1-7-15(8-2-12)30(26,27)16-9-10-16/h1-8,16,18H,9-10H2,(H,23,24,25). The van der Waals surface area contributed by atoms with Gasteiger partial charge in [0, 0.05) is 5.56 Å². The van der Waals surface area contributed by atoms with E-state index in [1.54, 1.807) is 0 Å². The monoisotopic (exact) mass is 465 g/mol. The van der Waals surface area contributed by atoms with Crippen LogP contribution in [0.2, 0.25) is 4.34 Å². The van der Waals surface area contributed by atoms with Gasteiger partial charge in [-0.25, -0.2) is 17.8 Å². The zero-order chi connectivity index (χ0) is 21.3. The number of hydrogen-bond donors (Lipinski definition) is 1. The van der Waals surface area contributed by atoms with Crippen molar-refractivity contribution in [3.05, 3.63) is 70.4 Å². The molecule has 1 N–H and O–H groups in total. The molecule has 0 bridgehead atoms. The molecule has 4 rings (SSSR count). The number of nitrogens with zero attached hydrogens (tertiary/aromatic N) is 1. The molecule has 0 saturated heterocycles. The number of carbonyl (C=O) groups excluding carboxylic acids is 1. The molecule has 2 aromatic carbocycles. The van der Waals surface area contributed by atoms with E-state index >= 15 is 0 Å². The molecule has 0 aliphatic heterocycles. The van der Waals surface area contributed by atoms with E-state index < -0.39 is 27.7 Å². The molecule has 1 amide bonds. The van der Waals surface area contributed by atoms with Crippen LogP contribution in [0.4, 0.5) is 9.52 Å². The maximum absolute atomic E-state index is 13.2. The zero-order valence-electron chi connectivity index (χ0n) is 15.3. The van der Waals surface area contributed by atoms with Crippen molar-refractivity contribution in [2.24, 2.45) is 0 Å². The summed E-state index contributed by atoms with van der Waals surface area (Å²) in [6.07, 6.45) is 2.72. The Bertz CT molecular complexity index is 1160. The largest absolute Gasteiger partial charge is 0.476 e. The maximum atomic E-state index is 13.2. The van der Waals surface area contributed by atoms with Gasteiger partial charge in [-0.15, -0.1) is 0 Å². The fourth-order valence-corrected chi connectivity index (χ4v) is 5.20. The van der Waals surface area contributed by atoms with Crippen LogP contribution in [0.1, 0.15) is 24.5 Å². The van der Waals surface area contributed by atoms with Gasteiger partial charge in [-0.05, 0) is 49.2 Å². The first-order valence-electron chi connectivity index (χ1n) is 8.94. The van der Waals surface area contributed by atoms with E-state index in [-0.39, 0.29) is 25.4 Å². The molecule has 30 heavy (non-hydrogen) atoms. The summed E-state index contributed by atoms with van der Waals surface area (Å²) < 4.78 is 44.1. The number of ether oxygens (including phenoxy) is 1. The Labute approximate surface area is 181 Å². The average Bonchev–Trinajstić information content (AvgIpc) is 3.51. The molecule has 3 aromatic rings. The Kier molecular flexibility index (Phi) is 5.77. The summed E-state index contributed by atoms with van der Waals surface area (Å²) in [5.74, 6) is -0.711. The highest BCUT2D eigenvalue weighted by molar-refractivity contribution is 7.92. The molecule has 1 unspecified atom stereocenters. The number of sulfone groups is 1. The van der Waals surface area contributed by atoms with Crippen molar-refractivity contribution in [2.75, 3.05) is 5.32 Å². The summed E-state index contributed by atoms with van der Waals surface area (Å²) >= 11 is 6.84. The second kappa shape index (κ2) is 8.33. The van der Waals surface area contributed by atoms with Gasteiger partial charge < -0.3 is 4.74 Å². The van der Waals surface area contributed by atoms with Crippen LogP contribution in [0.15, 0.2) is 53.4 Å². The molecular formula is C20H15ClFN2O4S2. The predicted molar refractivity (Wildman–Crippen MR) is 111 cm³/mol. The fourth-order valence-electron chi connectivity index (χ4n) is 2.77. The van der Waals surface area contributed by atoms with Crippen LogP contribution in [-0.4, -0.2) is 24.6 Å². The van der Waals surface area contributed by atoms with Crippen molar-refractivity contribution in [1.29, 1.82) is 0 Å². The lowest BCUT2D eigenvalue weighted by Gasteiger charge is -2.19. The normalized spacial score (nSPS) is 14.9. The summed E-state index contributed by atoms with van der Waals surface area (Å²) in [5.41, 5.74) is 0.429. The highest BCUT2D eigenvalue weighted by Gasteiger charge is 2.37. The van der Waals surface area contributed by atoms with Crippen LogP contribution in [-0.2, 0) is 14.6 Å². The number of carbonyl (C=O) groups is 1. The Morgan fingerprint density at radius 2 is 1.87 bits per heavy atom. The topological polar surface area (TPSA) is 85.4 Å². The van der Waals surface area contributed by atoms with Gasteiger partial charge in [-0.3, -0.25) is 10.1 Å². The molecular weight excluding hydrogens is 451 g/mol. The number of halogens is 2. The maximum Gasteiger partial charge on any atom is 0.271 e. The van der Waals surface area contributed by atoms with E-state index in [2.05, 4.69) is 16.5 Å². The van der Waals surface area contributed by atoms with Crippen LogP contribution in [0.5, 0.6) is 5.75 Å². The van der Waals surface area contributed by atoms with Crippen LogP contribution < -0.4 is 10.1 Å². The van der Waals surface area contributed by atoms with Gasteiger partial charge in [-0.2, -0.15) is 0 Å². The third-order valence-electron chi connectivity index (χ3n) is 4.44. The summed E-state index contributed by atoms with van der Waals surface area (Å²) in [6, 6.07) is 11.2. The van der Waals surface area contributed by atoms with E-state index in [9.17, 15) is 17.6 Å². The average molecular weight is 466 g/mol. The van der Waals surface area contributed by atoms with Crippen LogP contribution in [0, 0.1) is 12.0 Å². The molecule has 6 nitrogen and oxygen atoms in total. The number of hydrogen-bond acceptors (Lipinski definition) is 6. The molecule has 1 atom stereocenters. The third kappa shape index (κ3) is 4.63. The molecule has 1 aromatic heterocycles. The van der Waals surface area contributed by atoms with Crippen molar-refractivity contribution in [1.82, 2.24) is 4.98 Å². The zero-order valence-corrected chi connectivity index (χ0v) is 17.7. The minimum atomic E-state index is -3.35. The number of aromatic nitrogens is 1. The van der Waals surface area contributed by atoms with Gasteiger partial charge >= 0.3 is 0 Å². The third-order valence-corrected chi connectivity index (χ3v) is 7.69. The van der Waals surface area contributed by atoms with E-state index in [0.29, 0.717) is 18.4 Å². The van der Waals surface area contributed by atoms with Gasteiger partial charge in [0.05, 0.1) is 10.1 Å². The van der Waals surface area contributed by atoms with Gasteiger partial charge in [0.15, 0.2) is 15.0 Å². The summed E-state index contributed by atoms with van der Waals surface area (Å²) in [7, 11) is -3.35. The van der Waals surface area contributed by atoms with Crippen molar-refractivity contribution in [3.8, 4) is 5.75 Å². The van der Waals surface area contributed by atoms with E-state index in [1.807, 2.05) is 0 Å². The van der Waals surface area contributed by atoms with Gasteiger partial charge in [-0.1, -0.05) is 35.1 Å². The molecule has 1 fully saturated rings. The van der Waals surface area contributed by atoms with E-state index in [0.717, 1.165) is 11.3 Å². The quantitative estimate of drug-likeness (QED) is 0.558. The summed E-state index contributed by atoms with van der Waals surface area (Å²) in [4.78, 5) is 16.9. The number of nitrogens with one attached hydrogen (secondary N) is 1. The summed E-state index contributed by atoms with van der Waals surface area (Å²) in [5, 5.41) is 2.51. The van der Waals surface area contributed by atoms with Gasteiger partial charge in [0.25, 0.3) is 5.91 Å². The Hall–Kier alpha value is -2.49. The Morgan fingerprint density at radius 3 is 2.43 bits per heavy atom. The lowest BCUT2D eigenvalue weighted by molar-refractivity contribution is -0.123. The minimum Gasteiger partial charge on any atom is -0.476 e. The van der Waals surface area contributed by atoms with E-state index in [4.69, 9.17) is 16.3 Å². The Morgan fingerprint density at radius 1 is 1.20 bits per heavy atom. The summed E-state index contributed by atoms with van der Waals surface area (Å²) in [6.45, 7) is 0. The molecule has 10 heteroatoms. The lowest BCUT2D eigenvalue weighted by Crippen LogP contribution is -2.25. The number of rotatable bonds is 7. The van der Waals surface area contributed by atoms with Crippen LogP contribution in [0.25, 0.3) is 0 Å². The lowest BCUT2D eigenvalue weighted by atomic mass is 10.1. The van der Waals surface area contributed by atoms with Crippen molar-refractivity contribution >= 4 is 43.8 Å². The number of anilines is 1. The molecule has 155 valence electrons. The molecule has 1 aliphatic rings. The SMILES string of the molecule is O=C(Nc1n[c]c(Cl)s1)C(Oc1ccc(F)cc1)c1ccc(S(=O)(=O)C2CC2)cc1. The first-order chi connectivity index (χ1) is 14.3. The molecule has 0 spiro atoms. The smallest absolute Gasteiger partial charge is 0.271 e. The van der Waals surface area contributed by atoms with Gasteiger partial charge in [0.2, 0.25) is 6.10 Å². The van der Waals surface area contributed by atoms with Gasteiger partial charge in [0.1, 0.15) is 22.1 Å². The second-order valence-electron chi connectivity index (χ2n) is 6.66. The molecule has 1 saturated carbocycles. The fraction of sp³-hybridized carbons (Fsp3) is 0.200. The van der Waals surface area contributed by atoms with Crippen molar-refractivity contribution < 1.29 is 22.3 Å². The first-order valence-corrected chi connectivity index (χ1v) is 11.7. The van der Waals surface area contributed by atoms with Crippen LogP contribution in [0.3, 0.4) is 0 Å². The van der Waals surface area contributed by atoms with Crippen molar-refractivity contribution in [3.63, 3.8) is 0 Å². The molecule has 1 heterocycles. The Balaban J connectivity index is 1.61. The number of amides is 1. The highest BCUT2D eigenvalue weighted by Crippen LogP contribution is 2.34. The molecule has 1 radical (unpaired) electrons. The van der Waals surface area contributed by atoms with Crippen LogP contribution >= 0.6 is 22.9 Å². The highest BCUT2D eigenvalue weighted by atomic mass is 35.5. The number of thiazole rings is 1. The molecule has 1 aliphatic carbocycles. The minimum absolute atomic E-state index is 0.205. The van der Waals surface area contributed by atoms with E-state index in [1.165, 1.54) is 48.5 Å². The number of benzene rings is 2. The second-order valence-corrected chi connectivity index (χ2v) is 10.5.